The van der Waals surface area contributed by atoms with Crippen molar-refractivity contribution in [3.05, 3.63) is 54.4 Å². The van der Waals surface area contributed by atoms with Gasteiger partial charge in [-0.3, -0.25) is 14.6 Å². The molecule has 3 rings (SSSR count). The average Bonchev–Trinajstić information content (AvgIpc) is 2.69. The Labute approximate surface area is 176 Å². The third-order valence-electron chi connectivity index (χ3n) is 4.54. The molecular weight excluding hydrogens is 403 g/mol. The summed E-state index contributed by atoms with van der Waals surface area (Å²) in [5.74, 6) is -0.401. The molecule has 1 saturated heterocycles. The summed E-state index contributed by atoms with van der Waals surface area (Å²) in [6.07, 6.45) is 4.37. The molecule has 2 aromatic rings. The lowest BCUT2D eigenvalue weighted by Gasteiger charge is -2.34. The highest BCUT2D eigenvalue weighted by Crippen LogP contribution is 2.25. The SMILES string of the molecule is COC1(C(=O)Nc2cccc(NC(=O)c3ccncc3)c2)CCNCC1.Cl.Cl. The summed E-state index contributed by atoms with van der Waals surface area (Å²) in [5.41, 5.74) is 0.906. The maximum absolute atomic E-state index is 12.7. The number of nitrogens with one attached hydrogen (secondary N) is 3. The lowest BCUT2D eigenvalue weighted by atomic mass is 9.91. The van der Waals surface area contributed by atoms with Crippen molar-refractivity contribution < 1.29 is 14.3 Å². The molecule has 7 nitrogen and oxygen atoms in total. The van der Waals surface area contributed by atoms with Crippen LogP contribution >= 0.6 is 24.8 Å². The van der Waals surface area contributed by atoms with Gasteiger partial charge in [-0.25, -0.2) is 0 Å². The van der Waals surface area contributed by atoms with Crippen molar-refractivity contribution in [1.82, 2.24) is 10.3 Å². The van der Waals surface area contributed by atoms with E-state index in [0.717, 1.165) is 13.1 Å². The molecule has 28 heavy (non-hydrogen) atoms. The van der Waals surface area contributed by atoms with Gasteiger partial charge in [0.15, 0.2) is 0 Å². The van der Waals surface area contributed by atoms with Gasteiger partial charge < -0.3 is 20.7 Å². The first-order valence-corrected chi connectivity index (χ1v) is 8.52. The van der Waals surface area contributed by atoms with Crippen LogP contribution in [0.15, 0.2) is 48.8 Å². The van der Waals surface area contributed by atoms with Crippen molar-refractivity contribution in [1.29, 1.82) is 0 Å². The molecule has 152 valence electrons. The molecule has 0 saturated carbocycles. The Hall–Kier alpha value is -2.19. The number of halogens is 2. The van der Waals surface area contributed by atoms with E-state index >= 15 is 0 Å². The average molecular weight is 427 g/mol. The fraction of sp³-hybridized carbons (Fsp3) is 0.316. The van der Waals surface area contributed by atoms with Crippen molar-refractivity contribution in [2.45, 2.75) is 18.4 Å². The minimum absolute atomic E-state index is 0. The van der Waals surface area contributed by atoms with Crippen molar-refractivity contribution in [3.63, 3.8) is 0 Å². The number of aromatic nitrogens is 1. The first kappa shape index (κ1) is 23.8. The second-order valence-corrected chi connectivity index (χ2v) is 6.17. The van der Waals surface area contributed by atoms with Gasteiger partial charge in [-0.15, -0.1) is 24.8 Å². The zero-order valence-corrected chi connectivity index (χ0v) is 17.1. The van der Waals surface area contributed by atoms with Crippen LogP contribution in [0, 0.1) is 0 Å². The van der Waals surface area contributed by atoms with Crippen molar-refractivity contribution in [3.8, 4) is 0 Å². The molecule has 2 heterocycles. The molecule has 1 fully saturated rings. The van der Waals surface area contributed by atoms with E-state index in [0.29, 0.717) is 29.8 Å². The highest BCUT2D eigenvalue weighted by atomic mass is 35.5. The lowest BCUT2D eigenvalue weighted by Crippen LogP contribution is -2.51. The van der Waals surface area contributed by atoms with Crippen LogP contribution in [-0.4, -0.2) is 42.6 Å². The largest absolute Gasteiger partial charge is 0.368 e. The second kappa shape index (κ2) is 11.0. The van der Waals surface area contributed by atoms with Crippen molar-refractivity contribution >= 4 is 48.0 Å². The fourth-order valence-corrected chi connectivity index (χ4v) is 2.98. The van der Waals surface area contributed by atoms with Gasteiger partial charge in [-0.05, 0) is 56.3 Å². The number of rotatable bonds is 5. The van der Waals surface area contributed by atoms with Crippen LogP contribution in [0.5, 0.6) is 0 Å². The first-order valence-electron chi connectivity index (χ1n) is 8.52. The summed E-state index contributed by atoms with van der Waals surface area (Å²) in [5, 5.41) is 8.95. The number of amides is 2. The maximum atomic E-state index is 12.7. The fourth-order valence-electron chi connectivity index (χ4n) is 2.98. The molecule has 0 bridgehead atoms. The van der Waals surface area contributed by atoms with Gasteiger partial charge in [0.1, 0.15) is 5.60 Å². The number of hydrogen-bond acceptors (Lipinski definition) is 5. The lowest BCUT2D eigenvalue weighted by molar-refractivity contribution is -0.140. The Balaban J connectivity index is 0.00000196. The van der Waals surface area contributed by atoms with E-state index in [4.69, 9.17) is 4.74 Å². The third-order valence-corrected chi connectivity index (χ3v) is 4.54. The second-order valence-electron chi connectivity index (χ2n) is 6.17. The van der Waals surface area contributed by atoms with E-state index in [2.05, 4.69) is 20.9 Å². The van der Waals surface area contributed by atoms with Gasteiger partial charge in [0.05, 0.1) is 0 Å². The molecule has 0 aliphatic carbocycles. The predicted octanol–water partition coefficient (Wildman–Crippen LogP) is 2.88. The first-order chi connectivity index (χ1) is 12.6. The molecule has 3 N–H and O–H groups in total. The maximum Gasteiger partial charge on any atom is 0.256 e. The Bertz CT molecular complexity index is 784. The molecule has 1 aromatic heterocycles. The van der Waals surface area contributed by atoms with Crippen LogP contribution in [0.25, 0.3) is 0 Å². The molecular formula is C19H24Cl2N4O3. The Morgan fingerprint density at radius 1 is 1.04 bits per heavy atom. The summed E-state index contributed by atoms with van der Waals surface area (Å²) in [6.45, 7) is 1.48. The Kier molecular flexibility index (Phi) is 9.34. The predicted molar refractivity (Wildman–Crippen MR) is 114 cm³/mol. The minimum Gasteiger partial charge on any atom is -0.368 e. The number of anilines is 2. The number of hydrogen-bond donors (Lipinski definition) is 3. The number of pyridine rings is 1. The molecule has 2 amide bonds. The van der Waals surface area contributed by atoms with Gasteiger partial charge >= 0.3 is 0 Å². The number of methoxy groups -OCH3 is 1. The number of benzene rings is 1. The Morgan fingerprint density at radius 2 is 1.64 bits per heavy atom. The smallest absolute Gasteiger partial charge is 0.256 e. The van der Waals surface area contributed by atoms with Crippen molar-refractivity contribution in [2.24, 2.45) is 0 Å². The summed E-state index contributed by atoms with van der Waals surface area (Å²) < 4.78 is 5.54. The van der Waals surface area contributed by atoms with Gasteiger partial charge in [-0.1, -0.05) is 6.07 Å². The molecule has 0 atom stereocenters. The zero-order chi connectivity index (χ0) is 18.4. The van der Waals surface area contributed by atoms with Crippen molar-refractivity contribution in [2.75, 3.05) is 30.8 Å². The minimum atomic E-state index is -0.818. The van der Waals surface area contributed by atoms with Crippen LogP contribution in [0.4, 0.5) is 11.4 Å². The van der Waals surface area contributed by atoms with E-state index in [1.165, 1.54) is 0 Å². The van der Waals surface area contributed by atoms with Crippen LogP contribution in [0.3, 0.4) is 0 Å². The normalized spacial score (nSPS) is 14.8. The molecule has 9 heteroatoms. The summed E-state index contributed by atoms with van der Waals surface area (Å²) >= 11 is 0. The summed E-state index contributed by atoms with van der Waals surface area (Å²) in [4.78, 5) is 28.9. The standard InChI is InChI=1S/C19H22N4O3.2ClH/c1-26-19(7-11-21-12-8-19)18(25)23-16-4-2-3-15(13-16)22-17(24)14-5-9-20-10-6-14;;/h2-6,9-10,13,21H,7-8,11-12H2,1H3,(H,22,24)(H,23,25);2*1H. The van der Waals surface area contributed by atoms with Gasteiger partial charge in [-0.2, -0.15) is 0 Å². The van der Waals surface area contributed by atoms with Crippen LogP contribution in [0.1, 0.15) is 23.2 Å². The number of ether oxygens (including phenoxy) is 1. The van der Waals surface area contributed by atoms with E-state index in [1.807, 2.05) is 0 Å². The quantitative estimate of drug-likeness (QED) is 0.683. The molecule has 1 aromatic carbocycles. The van der Waals surface area contributed by atoms with Crippen LogP contribution in [0.2, 0.25) is 0 Å². The number of carbonyl (C=O) groups is 2. The Morgan fingerprint density at radius 3 is 2.25 bits per heavy atom. The zero-order valence-electron chi connectivity index (χ0n) is 15.4. The molecule has 0 spiro atoms. The number of nitrogens with zero attached hydrogens (tertiary/aromatic N) is 1. The van der Waals surface area contributed by atoms with Gasteiger partial charge in [0.2, 0.25) is 0 Å². The van der Waals surface area contributed by atoms with E-state index in [-0.39, 0.29) is 36.6 Å². The number of carbonyl (C=O) groups excluding carboxylic acids is 2. The summed E-state index contributed by atoms with van der Waals surface area (Å²) in [7, 11) is 1.57. The molecule has 0 radical (unpaired) electrons. The topological polar surface area (TPSA) is 92.4 Å². The third kappa shape index (κ3) is 5.65. The van der Waals surface area contributed by atoms with E-state index in [9.17, 15) is 9.59 Å². The van der Waals surface area contributed by atoms with Gasteiger partial charge in [0.25, 0.3) is 11.8 Å². The van der Waals surface area contributed by atoms with E-state index < -0.39 is 5.60 Å². The molecule has 1 aliphatic heterocycles. The monoisotopic (exact) mass is 426 g/mol. The molecule has 0 unspecified atom stereocenters. The number of piperidine rings is 1. The highest BCUT2D eigenvalue weighted by Gasteiger charge is 2.39. The summed E-state index contributed by atoms with van der Waals surface area (Å²) in [6, 6.07) is 10.3. The highest BCUT2D eigenvalue weighted by molar-refractivity contribution is 6.04. The van der Waals surface area contributed by atoms with Gasteiger partial charge in [0, 0.05) is 36.4 Å². The molecule has 1 aliphatic rings. The van der Waals surface area contributed by atoms with E-state index in [1.54, 1.807) is 55.9 Å². The van der Waals surface area contributed by atoms with Crippen LogP contribution in [-0.2, 0) is 9.53 Å². The van der Waals surface area contributed by atoms with Crippen LogP contribution < -0.4 is 16.0 Å².